The van der Waals surface area contributed by atoms with Gasteiger partial charge in [-0.05, 0) is 57.8 Å². The molecule has 0 aliphatic carbocycles. The predicted octanol–water partition coefficient (Wildman–Crippen LogP) is 11.0. The summed E-state index contributed by atoms with van der Waals surface area (Å²) in [5.41, 5.74) is 0. The van der Waals surface area contributed by atoms with E-state index in [0.29, 0.717) is 0 Å². The molecule has 0 aromatic rings. The highest BCUT2D eigenvalue weighted by Crippen LogP contribution is 2.40. The quantitative estimate of drug-likeness (QED) is 0.0797. The first-order valence-electron chi connectivity index (χ1n) is 19.3. The molecule has 0 aromatic carbocycles. The van der Waals surface area contributed by atoms with E-state index in [1.54, 1.807) is 55.5 Å². The van der Waals surface area contributed by atoms with Gasteiger partial charge in [0.05, 0.1) is 55.5 Å². The number of hydrogen-bond donors (Lipinski definition) is 0. The third-order valence-corrected chi connectivity index (χ3v) is 17.5. The first-order valence-corrected chi connectivity index (χ1v) is 27.1. The van der Waals surface area contributed by atoms with Gasteiger partial charge in [0.2, 0.25) is 0 Å². The molecule has 0 aromatic heterocycles. The van der Waals surface area contributed by atoms with E-state index in [1.807, 2.05) is 0 Å². The molecular formula is C36H84O4P4. The summed E-state index contributed by atoms with van der Waals surface area (Å²) in [6, 6.07) is 0. The van der Waals surface area contributed by atoms with Crippen molar-refractivity contribution in [2.45, 2.75) is 178 Å². The lowest BCUT2D eigenvalue weighted by molar-refractivity contribution is -0.432. The molecule has 0 aliphatic heterocycles. The summed E-state index contributed by atoms with van der Waals surface area (Å²) in [5.74, 6) is 0. The second-order valence-corrected chi connectivity index (χ2v) is 22.5. The Labute approximate surface area is 283 Å². The van der Waals surface area contributed by atoms with Gasteiger partial charge in [0, 0.05) is 23.8 Å². The summed E-state index contributed by atoms with van der Waals surface area (Å²) in [5, 5.41) is 0. The van der Waals surface area contributed by atoms with Crippen LogP contribution >= 0.6 is 31.6 Å². The van der Waals surface area contributed by atoms with Crippen molar-refractivity contribution in [1.29, 1.82) is 0 Å². The zero-order valence-corrected chi connectivity index (χ0v) is 35.6. The first kappa shape index (κ1) is 52.2. The fourth-order valence-electron chi connectivity index (χ4n) is 4.97. The number of hydrogen-bond acceptors (Lipinski definition) is 4. The number of unbranched alkanes of at least 4 members (excludes halogenated alkanes) is 9. The molecule has 0 amide bonds. The molecule has 0 atom stereocenters. The van der Waals surface area contributed by atoms with Crippen LogP contribution in [-0.2, 0) is 4.57 Å². The lowest BCUT2D eigenvalue weighted by Crippen LogP contribution is -2.24. The van der Waals surface area contributed by atoms with Gasteiger partial charge in [-0.25, -0.2) is 0 Å². The van der Waals surface area contributed by atoms with Crippen LogP contribution in [0.25, 0.3) is 0 Å². The van der Waals surface area contributed by atoms with Gasteiger partial charge in [-0.1, -0.05) is 120 Å². The lowest BCUT2D eigenvalue weighted by atomic mass is 10.4. The summed E-state index contributed by atoms with van der Waals surface area (Å²) in [6.45, 7) is 20.9. The average Bonchev–Trinajstić information content (AvgIpc) is 2.99. The molecule has 8 heteroatoms. The van der Waals surface area contributed by atoms with Crippen molar-refractivity contribution < 1.29 is 19.2 Å². The smallest absolute Gasteiger partial charge is 0.0571 e. The molecule has 272 valence electrons. The van der Waals surface area contributed by atoms with Gasteiger partial charge in [-0.3, -0.25) is 0 Å². The Morgan fingerprint density at radius 2 is 0.409 bits per heavy atom. The lowest BCUT2D eigenvalue weighted by Gasteiger charge is -2.36. The molecule has 44 heavy (non-hydrogen) atoms. The zero-order valence-electron chi connectivity index (χ0n) is 31.7. The Balaban J connectivity index is -0.000000253. The standard InChI is InChI=1S/3C12H27P.H3O4P/c3*1-4-7-10-13(11-8-5-2)12-9-6-3;1-5(2,3)4/h3*4-12H2,1-3H3;(H3,1,2,3,4). The topological polar surface area (TPSA) is 86.2 Å². The van der Waals surface area contributed by atoms with Crippen molar-refractivity contribution in [2.24, 2.45) is 0 Å². The Kier molecular flexibility index (Phi) is 52.7. The Bertz CT molecular complexity index is 412. The van der Waals surface area contributed by atoms with Crippen molar-refractivity contribution >= 4 is 31.6 Å². The Hall–Kier alpha value is 1.40. The van der Waals surface area contributed by atoms with Crippen molar-refractivity contribution in [3.05, 3.63) is 0 Å². The molecule has 0 spiro atoms. The maximum atomic E-state index is 8.55. The van der Waals surface area contributed by atoms with E-state index in [0.717, 1.165) is 0 Å². The van der Waals surface area contributed by atoms with Gasteiger partial charge in [-0.15, -0.1) is 0 Å². The minimum Gasteiger partial charge on any atom is -0.822 e. The maximum Gasteiger partial charge on any atom is 0.0571 e. The van der Waals surface area contributed by atoms with Crippen molar-refractivity contribution in [1.82, 2.24) is 0 Å². The molecule has 0 unspecified atom stereocenters. The Morgan fingerprint density at radius 3 is 0.477 bits per heavy atom. The molecule has 0 radical (unpaired) electrons. The third-order valence-electron chi connectivity index (χ3n) is 7.95. The van der Waals surface area contributed by atoms with E-state index >= 15 is 0 Å². The minimum absolute atomic E-state index is 0.0675. The zero-order chi connectivity index (χ0) is 34.3. The van der Waals surface area contributed by atoms with Gasteiger partial charge < -0.3 is 19.2 Å². The monoisotopic (exact) mass is 705 g/mol. The van der Waals surface area contributed by atoms with Gasteiger partial charge >= 0.3 is 0 Å². The van der Waals surface area contributed by atoms with E-state index in [2.05, 4.69) is 62.3 Å². The highest BCUT2D eigenvalue weighted by molar-refractivity contribution is 7.58. The maximum absolute atomic E-state index is 8.55. The third kappa shape index (κ3) is 55.8. The predicted molar refractivity (Wildman–Crippen MR) is 211 cm³/mol. The summed E-state index contributed by atoms with van der Waals surface area (Å²) < 4.78 is 8.55. The normalized spacial score (nSPS) is 11.2. The molecule has 4 nitrogen and oxygen atoms in total. The van der Waals surface area contributed by atoms with Crippen LogP contribution in [0.5, 0.6) is 0 Å². The molecule has 0 saturated carbocycles. The van der Waals surface area contributed by atoms with Gasteiger partial charge in [0.25, 0.3) is 0 Å². The van der Waals surface area contributed by atoms with E-state index in [1.165, 1.54) is 116 Å². The summed E-state index contributed by atoms with van der Waals surface area (Å²) >= 11 is 0. The fraction of sp³-hybridized carbons (Fsp3) is 1.00. The van der Waals surface area contributed by atoms with E-state index in [-0.39, 0.29) is 23.8 Å². The van der Waals surface area contributed by atoms with Crippen molar-refractivity contribution in [3.63, 3.8) is 0 Å². The van der Waals surface area contributed by atoms with Crippen molar-refractivity contribution in [2.75, 3.05) is 55.5 Å². The molecule has 0 bridgehead atoms. The first-order chi connectivity index (χ1) is 21.0. The second kappa shape index (κ2) is 44.4. The number of rotatable bonds is 27. The second-order valence-electron chi connectivity index (χ2n) is 12.6. The van der Waals surface area contributed by atoms with Crippen LogP contribution in [0.3, 0.4) is 0 Å². The molecular weight excluding hydrogens is 620 g/mol. The van der Waals surface area contributed by atoms with E-state index < -0.39 is 7.82 Å². The number of phosphoric acid groups is 1. The summed E-state index contributed by atoms with van der Waals surface area (Å²) in [7, 11) is -5.19. The van der Waals surface area contributed by atoms with E-state index in [4.69, 9.17) is 19.2 Å². The molecule has 0 fully saturated rings. The highest BCUT2D eigenvalue weighted by atomic mass is 31.2. The van der Waals surface area contributed by atoms with Crippen LogP contribution < -0.4 is 14.7 Å². The minimum atomic E-state index is -5.39. The summed E-state index contributed by atoms with van der Waals surface area (Å²) in [6.07, 6.45) is 40.2. The van der Waals surface area contributed by atoms with Gasteiger partial charge in [0.1, 0.15) is 0 Å². The van der Waals surface area contributed by atoms with Crippen LogP contribution in [0.15, 0.2) is 0 Å². The van der Waals surface area contributed by atoms with Crippen LogP contribution in [0.4, 0.5) is 0 Å². The van der Waals surface area contributed by atoms with Crippen LogP contribution in [0.2, 0.25) is 0 Å². The highest BCUT2D eigenvalue weighted by Gasteiger charge is 2.14. The molecule has 0 saturated heterocycles. The largest absolute Gasteiger partial charge is 0.822 e. The average molecular weight is 705 g/mol. The van der Waals surface area contributed by atoms with Crippen LogP contribution in [0, 0.1) is 0 Å². The molecule has 0 rings (SSSR count). The van der Waals surface area contributed by atoms with E-state index in [9.17, 15) is 0 Å². The van der Waals surface area contributed by atoms with Crippen molar-refractivity contribution in [3.8, 4) is 0 Å². The van der Waals surface area contributed by atoms with Gasteiger partial charge in [-0.2, -0.15) is 7.82 Å². The molecule has 0 N–H and O–H groups in total. The fourth-order valence-corrected chi connectivity index (χ4v) is 14.9. The SMILES string of the molecule is CCCC[PH+](CCCC)CCCC.CCCC[PH+](CCCC)CCCC.CCCC[PH+](CCCC)CCCC.O=P([O-])([O-])[O-]. The van der Waals surface area contributed by atoms with Gasteiger partial charge in [0.15, 0.2) is 0 Å². The Morgan fingerprint density at radius 1 is 0.318 bits per heavy atom. The summed E-state index contributed by atoms with van der Waals surface area (Å²) in [4.78, 5) is 25.6. The van der Waals surface area contributed by atoms with Crippen LogP contribution in [0.1, 0.15) is 178 Å². The van der Waals surface area contributed by atoms with Crippen LogP contribution in [-0.4, -0.2) is 55.5 Å². The molecule has 0 heterocycles. The molecule has 0 aliphatic rings.